The first kappa shape index (κ1) is 16.3. The molecule has 0 aliphatic heterocycles. The number of hydrogen-bond acceptors (Lipinski definition) is 2. The zero-order chi connectivity index (χ0) is 15.5. The molecule has 1 saturated carbocycles. The summed E-state index contributed by atoms with van der Waals surface area (Å²) in [5.41, 5.74) is -0.581. The minimum Gasteiger partial charge on any atom is -0.480 e. The lowest BCUT2D eigenvalue weighted by molar-refractivity contribution is -0.145. The van der Waals surface area contributed by atoms with Crippen LogP contribution in [-0.2, 0) is 4.79 Å². The number of carbonyl (C=O) groups is 2. The van der Waals surface area contributed by atoms with Crippen LogP contribution in [0.2, 0.25) is 0 Å². The normalized spacial score (nSPS) is 17.0. The van der Waals surface area contributed by atoms with Crippen molar-refractivity contribution in [2.24, 2.45) is 0 Å². The third-order valence-electron chi connectivity index (χ3n) is 3.67. The largest absolute Gasteiger partial charge is 0.480 e. The van der Waals surface area contributed by atoms with Crippen molar-refractivity contribution in [1.29, 1.82) is 0 Å². The van der Waals surface area contributed by atoms with Crippen LogP contribution >= 0.6 is 31.9 Å². The van der Waals surface area contributed by atoms with Gasteiger partial charge in [-0.1, -0.05) is 25.3 Å². The van der Waals surface area contributed by atoms with Gasteiger partial charge in [0.2, 0.25) is 0 Å². The number of hydrogen-bond donors (Lipinski definition) is 3. The summed E-state index contributed by atoms with van der Waals surface area (Å²) in [6.07, 6.45) is 3.56. The Bertz CT molecular complexity index is 537. The predicted octanol–water partition coefficient (Wildman–Crippen LogP) is 4.12. The summed E-state index contributed by atoms with van der Waals surface area (Å²) in [7, 11) is 0. The maximum Gasteiger partial charge on any atom is 0.329 e. The molecule has 2 amide bonds. The second kappa shape index (κ2) is 6.79. The molecule has 3 N–H and O–H groups in total. The van der Waals surface area contributed by atoms with E-state index < -0.39 is 17.5 Å². The quantitative estimate of drug-likeness (QED) is 0.689. The van der Waals surface area contributed by atoms with E-state index in [1.165, 1.54) is 0 Å². The lowest BCUT2D eigenvalue weighted by Gasteiger charge is -2.34. The first-order chi connectivity index (χ1) is 9.94. The molecule has 0 atom stereocenters. The number of carboxylic acids is 1. The highest BCUT2D eigenvalue weighted by Gasteiger charge is 2.41. The van der Waals surface area contributed by atoms with Gasteiger partial charge in [0, 0.05) is 8.95 Å². The summed E-state index contributed by atoms with van der Waals surface area (Å²) in [6, 6.07) is 4.92. The number of benzene rings is 1. The van der Waals surface area contributed by atoms with Crippen molar-refractivity contribution in [2.45, 2.75) is 37.6 Å². The lowest BCUT2D eigenvalue weighted by atomic mass is 9.82. The Hall–Kier alpha value is -1.08. The van der Waals surface area contributed by atoms with Crippen molar-refractivity contribution in [3.8, 4) is 0 Å². The Balaban J connectivity index is 2.11. The average Bonchev–Trinajstić information content (AvgIpc) is 2.44. The van der Waals surface area contributed by atoms with E-state index in [4.69, 9.17) is 0 Å². The zero-order valence-corrected chi connectivity index (χ0v) is 14.5. The second-order valence-electron chi connectivity index (χ2n) is 5.12. The van der Waals surface area contributed by atoms with E-state index in [-0.39, 0.29) is 0 Å². The van der Waals surface area contributed by atoms with E-state index in [9.17, 15) is 14.7 Å². The van der Waals surface area contributed by atoms with Gasteiger partial charge in [-0.05, 0) is 56.8 Å². The van der Waals surface area contributed by atoms with Gasteiger partial charge in [0.15, 0.2) is 0 Å². The van der Waals surface area contributed by atoms with E-state index in [0.29, 0.717) is 18.5 Å². The van der Waals surface area contributed by atoms with E-state index >= 15 is 0 Å². The number of nitrogens with one attached hydrogen (secondary N) is 2. The fourth-order valence-corrected chi connectivity index (χ4v) is 3.72. The van der Waals surface area contributed by atoms with Crippen LogP contribution in [0.4, 0.5) is 10.5 Å². The molecule has 1 fully saturated rings. The maximum atomic E-state index is 12.2. The maximum absolute atomic E-state index is 12.2. The van der Waals surface area contributed by atoms with Gasteiger partial charge in [0.25, 0.3) is 0 Å². The third-order valence-corrected chi connectivity index (χ3v) is 4.99. The van der Waals surface area contributed by atoms with Crippen molar-refractivity contribution in [2.75, 3.05) is 5.32 Å². The van der Waals surface area contributed by atoms with Gasteiger partial charge in [0.05, 0.1) is 5.69 Å². The van der Waals surface area contributed by atoms with Crippen molar-refractivity contribution in [1.82, 2.24) is 5.32 Å². The standard InChI is InChI=1S/C14H16Br2N2O3/c15-9-5-4-6-10(16)11(9)17-13(21)18-14(12(19)20)7-2-1-3-8-14/h4-6H,1-3,7-8H2,(H,19,20)(H2,17,18,21). The fraction of sp³-hybridized carbons (Fsp3) is 0.429. The number of amides is 2. The summed E-state index contributed by atoms with van der Waals surface area (Å²) < 4.78 is 1.44. The van der Waals surface area contributed by atoms with Gasteiger partial charge in [-0.15, -0.1) is 0 Å². The van der Waals surface area contributed by atoms with Crippen LogP contribution in [0.5, 0.6) is 0 Å². The number of aliphatic carboxylic acids is 1. The van der Waals surface area contributed by atoms with Crippen LogP contribution in [-0.4, -0.2) is 22.6 Å². The lowest BCUT2D eigenvalue weighted by Crippen LogP contribution is -2.56. The molecular weight excluding hydrogens is 404 g/mol. The van der Waals surface area contributed by atoms with Gasteiger partial charge >= 0.3 is 12.0 Å². The van der Waals surface area contributed by atoms with Crippen molar-refractivity contribution >= 4 is 49.5 Å². The SMILES string of the molecule is O=C(Nc1c(Br)cccc1Br)NC1(C(=O)O)CCCCC1. The van der Waals surface area contributed by atoms with E-state index in [1.54, 1.807) is 12.1 Å². The van der Waals surface area contributed by atoms with Gasteiger partial charge < -0.3 is 15.7 Å². The highest BCUT2D eigenvalue weighted by molar-refractivity contribution is 9.11. The molecule has 0 heterocycles. The summed E-state index contributed by atoms with van der Waals surface area (Å²) in [5.74, 6) is -0.969. The average molecular weight is 420 g/mol. The molecule has 21 heavy (non-hydrogen) atoms. The Labute approximate surface area is 139 Å². The first-order valence-electron chi connectivity index (χ1n) is 6.71. The van der Waals surface area contributed by atoms with Crippen LogP contribution in [0.25, 0.3) is 0 Å². The minimum atomic E-state index is -1.16. The van der Waals surface area contributed by atoms with E-state index in [2.05, 4.69) is 42.5 Å². The summed E-state index contributed by atoms with van der Waals surface area (Å²) >= 11 is 6.71. The van der Waals surface area contributed by atoms with Crippen LogP contribution in [0.1, 0.15) is 32.1 Å². The topological polar surface area (TPSA) is 78.4 Å². The summed E-state index contributed by atoms with van der Waals surface area (Å²) in [5, 5.41) is 14.8. The fourth-order valence-electron chi connectivity index (χ4n) is 2.53. The number of carboxylic acid groups (broad SMARTS) is 1. The third kappa shape index (κ3) is 3.77. The van der Waals surface area contributed by atoms with Gasteiger partial charge in [-0.3, -0.25) is 0 Å². The van der Waals surface area contributed by atoms with Crippen LogP contribution in [0.3, 0.4) is 0 Å². The van der Waals surface area contributed by atoms with Gasteiger partial charge in [-0.25, -0.2) is 9.59 Å². The Morgan fingerprint density at radius 2 is 1.67 bits per heavy atom. The van der Waals surface area contributed by atoms with Crippen LogP contribution in [0, 0.1) is 0 Å². The molecule has 0 bridgehead atoms. The number of halogens is 2. The highest BCUT2D eigenvalue weighted by Crippen LogP contribution is 2.32. The first-order valence-corrected chi connectivity index (χ1v) is 8.30. The highest BCUT2D eigenvalue weighted by atomic mass is 79.9. The Kier molecular flexibility index (Phi) is 5.27. The van der Waals surface area contributed by atoms with Crippen LogP contribution < -0.4 is 10.6 Å². The second-order valence-corrected chi connectivity index (χ2v) is 6.83. The molecule has 1 aromatic rings. The smallest absolute Gasteiger partial charge is 0.329 e. The molecule has 1 aromatic carbocycles. The number of para-hydroxylation sites is 1. The van der Waals surface area contributed by atoms with Crippen molar-refractivity contribution in [3.05, 3.63) is 27.1 Å². The molecule has 2 rings (SSSR count). The molecule has 1 aliphatic carbocycles. The molecule has 1 aliphatic rings. The predicted molar refractivity (Wildman–Crippen MR) is 87.4 cm³/mol. The van der Waals surface area contributed by atoms with Crippen molar-refractivity contribution in [3.63, 3.8) is 0 Å². The monoisotopic (exact) mass is 418 g/mol. The molecule has 0 spiro atoms. The van der Waals surface area contributed by atoms with E-state index in [0.717, 1.165) is 28.2 Å². The molecule has 0 radical (unpaired) electrons. The number of anilines is 1. The zero-order valence-electron chi connectivity index (χ0n) is 11.3. The van der Waals surface area contributed by atoms with Gasteiger partial charge in [-0.2, -0.15) is 0 Å². The molecule has 0 unspecified atom stereocenters. The van der Waals surface area contributed by atoms with Gasteiger partial charge in [0.1, 0.15) is 5.54 Å². The number of urea groups is 1. The molecule has 5 nitrogen and oxygen atoms in total. The summed E-state index contributed by atoms with van der Waals surface area (Å²) in [4.78, 5) is 23.7. The minimum absolute atomic E-state index is 0.465. The Morgan fingerprint density at radius 3 is 2.19 bits per heavy atom. The molecule has 0 aromatic heterocycles. The number of carbonyl (C=O) groups excluding carboxylic acids is 1. The molecule has 0 saturated heterocycles. The number of rotatable bonds is 3. The molecule has 114 valence electrons. The molecular formula is C14H16Br2N2O3. The van der Waals surface area contributed by atoms with E-state index in [1.807, 2.05) is 6.07 Å². The van der Waals surface area contributed by atoms with Crippen molar-refractivity contribution < 1.29 is 14.7 Å². The molecule has 7 heteroatoms. The Morgan fingerprint density at radius 1 is 1.10 bits per heavy atom. The van der Waals surface area contributed by atoms with Crippen LogP contribution in [0.15, 0.2) is 27.1 Å². The summed E-state index contributed by atoms with van der Waals surface area (Å²) in [6.45, 7) is 0.